The van der Waals surface area contributed by atoms with Crippen LogP contribution in [-0.4, -0.2) is 110 Å². The Labute approximate surface area is 259 Å². The number of rotatable bonds is 5. The molecular formula is C36H44N2O6+2. The largest absolute Gasteiger partial charge is 0.461 e. The molecule has 0 spiro atoms. The number of esters is 2. The minimum Gasteiger partial charge on any atom is -0.461 e. The van der Waals surface area contributed by atoms with Crippen molar-refractivity contribution in [2.45, 2.75) is 111 Å². The summed E-state index contributed by atoms with van der Waals surface area (Å²) in [5, 5.41) is 0. The first kappa shape index (κ1) is 27.5. The van der Waals surface area contributed by atoms with E-state index in [2.05, 4.69) is 28.2 Å². The molecule has 0 saturated carbocycles. The van der Waals surface area contributed by atoms with Gasteiger partial charge in [0.2, 0.25) is 0 Å². The van der Waals surface area contributed by atoms with Crippen molar-refractivity contribution < 1.29 is 37.5 Å². The predicted molar refractivity (Wildman–Crippen MR) is 161 cm³/mol. The molecule has 10 atom stereocenters. The van der Waals surface area contributed by atoms with Gasteiger partial charge in [0, 0.05) is 25.7 Å². The van der Waals surface area contributed by atoms with Crippen molar-refractivity contribution >= 4 is 11.9 Å². The molecule has 6 saturated heterocycles. The number of piperidine rings is 2. The van der Waals surface area contributed by atoms with E-state index in [-0.39, 0.29) is 24.1 Å². The minimum atomic E-state index is -0.973. The van der Waals surface area contributed by atoms with Crippen LogP contribution in [-0.2, 0) is 34.0 Å². The number of hydrogen-bond donors (Lipinski definition) is 0. The van der Waals surface area contributed by atoms with Crippen molar-refractivity contribution in [3.05, 3.63) is 71.3 Å². The summed E-state index contributed by atoms with van der Waals surface area (Å²) in [5.41, 5.74) is 1.72. The van der Waals surface area contributed by atoms with Crippen LogP contribution in [0.1, 0.15) is 61.1 Å². The van der Waals surface area contributed by atoms with Gasteiger partial charge in [-0.25, -0.2) is 0 Å². The number of hydrogen-bond acceptors (Lipinski definition) is 6. The summed E-state index contributed by atoms with van der Waals surface area (Å²) in [4.78, 5) is 28.6. The van der Waals surface area contributed by atoms with E-state index in [9.17, 15) is 9.59 Å². The number of nitrogens with zero attached hydrogens (tertiary/aromatic N) is 2. The minimum absolute atomic E-state index is 0.0856. The van der Waals surface area contributed by atoms with Crippen LogP contribution in [0, 0.1) is 0 Å². The van der Waals surface area contributed by atoms with Crippen molar-refractivity contribution in [2.75, 3.05) is 28.2 Å². The Hall–Kier alpha value is -2.78. The third-order valence-corrected chi connectivity index (χ3v) is 13.1. The van der Waals surface area contributed by atoms with Crippen molar-refractivity contribution in [2.24, 2.45) is 0 Å². The molecule has 2 aromatic carbocycles. The van der Waals surface area contributed by atoms with Crippen LogP contribution in [0.25, 0.3) is 0 Å². The molecule has 4 bridgehead atoms. The fourth-order valence-electron chi connectivity index (χ4n) is 10.5. The van der Waals surface area contributed by atoms with Gasteiger partial charge in [-0.3, -0.25) is 9.59 Å². The maximum absolute atomic E-state index is 14.6. The highest BCUT2D eigenvalue weighted by atomic mass is 16.6. The highest BCUT2D eigenvalue weighted by molar-refractivity contribution is 5.91. The Morgan fingerprint density at radius 1 is 0.705 bits per heavy atom. The predicted octanol–water partition coefficient (Wildman–Crippen LogP) is 3.45. The fourth-order valence-corrected chi connectivity index (χ4v) is 10.5. The number of fused-ring (bicyclic) bond motifs is 11. The lowest BCUT2D eigenvalue weighted by Gasteiger charge is -2.46. The van der Waals surface area contributed by atoms with Gasteiger partial charge in [0.15, 0.2) is 0 Å². The molecule has 0 amide bonds. The van der Waals surface area contributed by atoms with Gasteiger partial charge in [-0.05, 0) is 29.5 Å². The van der Waals surface area contributed by atoms with Crippen LogP contribution in [0.2, 0.25) is 0 Å². The van der Waals surface area contributed by atoms with Crippen molar-refractivity contribution in [1.29, 1.82) is 0 Å². The molecule has 2 aromatic rings. The molecule has 0 aromatic heterocycles. The van der Waals surface area contributed by atoms with Crippen LogP contribution < -0.4 is 0 Å². The Morgan fingerprint density at radius 3 is 1.77 bits per heavy atom. The standard InChI is InChI=1S/C36H44N2O6/c1-37(2)26-16-21(17-27(37)31-30(26)43-31)41-34(39)24-14-15-36(20-10-6-5-7-11-20,25-13-9-8-12-23(24)25)35(40)42-22-18-28-32-33(44-32)29(19-22)38(28,3)4/h5-13,21-22,24,26-33H,14-19H2,1-4H3/q+2. The van der Waals surface area contributed by atoms with E-state index in [1.807, 2.05) is 54.6 Å². The van der Waals surface area contributed by atoms with Crippen molar-refractivity contribution in [3.8, 4) is 0 Å². The average Bonchev–Trinajstić information content (AvgIpc) is 3.91. The first-order valence-electron chi connectivity index (χ1n) is 16.6. The van der Waals surface area contributed by atoms with Crippen LogP contribution in [0.3, 0.4) is 0 Å². The monoisotopic (exact) mass is 600 g/mol. The van der Waals surface area contributed by atoms with E-state index in [0.717, 1.165) is 51.3 Å². The first-order chi connectivity index (χ1) is 21.1. The lowest BCUT2D eigenvalue weighted by Crippen LogP contribution is -2.60. The first-order valence-corrected chi connectivity index (χ1v) is 16.6. The van der Waals surface area contributed by atoms with Crippen LogP contribution >= 0.6 is 0 Å². The maximum Gasteiger partial charge on any atom is 0.321 e. The van der Waals surface area contributed by atoms with Gasteiger partial charge in [0.1, 0.15) is 66.2 Å². The lowest BCUT2D eigenvalue weighted by molar-refractivity contribution is -0.938. The van der Waals surface area contributed by atoms with E-state index in [4.69, 9.17) is 18.9 Å². The zero-order chi connectivity index (χ0) is 30.2. The Morgan fingerprint density at radius 2 is 1.20 bits per heavy atom. The third kappa shape index (κ3) is 3.71. The van der Waals surface area contributed by atoms with E-state index < -0.39 is 11.3 Å². The average molecular weight is 601 g/mol. The quantitative estimate of drug-likeness (QED) is 0.297. The summed E-state index contributed by atoms with van der Waals surface area (Å²) in [6, 6.07) is 19.5. The molecule has 10 unspecified atom stereocenters. The van der Waals surface area contributed by atoms with Crippen molar-refractivity contribution in [3.63, 3.8) is 0 Å². The van der Waals surface area contributed by atoms with Gasteiger partial charge >= 0.3 is 11.9 Å². The van der Waals surface area contributed by atoms with Crippen LogP contribution in [0.5, 0.6) is 0 Å². The second-order valence-electron chi connectivity index (χ2n) is 15.6. The number of likely N-dealkylation sites (N-methyl/N-ethyl adjacent to an activating group) is 2. The molecule has 8 nitrogen and oxygen atoms in total. The summed E-state index contributed by atoms with van der Waals surface area (Å²) in [6.45, 7) is 0. The molecule has 8 heteroatoms. The van der Waals surface area contributed by atoms with Crippen LogP contribution in [0.15, 0.2) is 54.6 Å². The highest BCUT2D eigenvalue weighted by Crippen LogP contribution is 2.54. The molecule has 232 valence electrons. The van der Waals surface area contributed by atoms with Crippen molar-refractivity contribution in [1.82, 2.24) is 0 Å². The summed E-state index contributed by atoms with van der Waals surface area (Å²) >= 11 is 0. The van der Waals surface area contributed by atoms with Gasteiger partial charge in [-0.2, -0.15) is 0 Å². The number of ether oxygens (including phenoxy) is 4. The Balaban J connectivity index is 0.998. The third-order valence-electron chi connectivity index (χ3n) is 13.1. The van der Waals surface area contributed by atoms with E-state index in [0.29, 0.717) is 61.4 Å². The topological polar surface area (TPSA) is 77.7 Å². The van der Waals surface area contributed by atoms with Gasteiger partial charge < -0.3 is 27.9 Å². The Kier molecular flexibility index (Phi) is 5.72. The number of epoxide rings is 2. The Bertz CT molecular complexity index is 1490. The molecule has 0 radical (unpaired) electrons. The molecule has 7 aliphatic rings. The second-order valence-corrected chi connectivity index (χ2v) is 15.6. The highest BCUT2D eigenvalue weighted by Gasteiger charge is 2.72. The number of quaternary nitrogens is 2. The lowest BCUT2D eigenvalue weighted by atomic mass is 9.63. The number of carbonyl (C=O) groups excluding carboxylic acids is 2. The molecule has 9 rings (SSSR count). The smallest absolute Gasteiger partial charge is 0.321 e. The molecule has 6 heterocycles. The molecule has 0 N–H and O–H groups in total. The molecule has 44 heavy (non-hydrogen) atoms. The molecular weight excluding hydrogens is 556 g/mol. The maximum atomic E-state index is 14.6. The van der Waals surface area contributed by atoms with E-state index in [1.165, 1.54) is 0 Å². The van der Waals surface area contributed by atoms with E-state index >= 15 is 0 Å². The van der Waals surface area contributed by atoms with E-state index in [1.54, 1.807) is 0 Å². The molecule has 1 aliphatic carbocycles. The number of morpholine rings is 2. The summed E-state index contributed by atoms with van der Waals surface area (Å²) in [5.74, 6) is -0.768. The second kappa shape index (κ2) is 9.15. The van der Waals surface area contributed by atoms with Gasteiger partial charge in [-0.15, -0.1) is 0 Å². The van der Waals surface area contributed by atoms with Crippen LogP contribution in [0.4, 0.5) is 0 Å². The summed E-state index contributed by atoms with van der Waals surface area (Å²) in [6.07, 6.45) is 5.38. The summed E-state index contributed by atoms with van der Waals surface area (Å²) < 4.78 is 26.7. The normalized spacial score (nSPS) is 44.5. The van der Waals surface area contributed by atoms with Gasteiger partial charge in [0.05, 0.1) is 34.1 Å². The van der Waals surface area contributed by atoms with Gasteiger partial charge in [0.25, 0.3) is 0 Å². The van der Waals surface area contributed by atoms with Gasteiger partial charge in [-0.1, -0.05) is 54.6 Å². The molecule has 6 aliphatic heterocycles. The molecule has 6 fully saturated rings. The summed E-state index contributed by atoms with van der Waals surface area (Å²) in [7, 11) is 9.16. The number of carbonyl (C=O) groups is 2. The zero-order valence-electron chi connectivity index (χ0n) is 26.1. The number of benzene rings is 2. The fraction of sp³-hybridized carbons (Fsp3) is 0.611. The zero-order valence-corrected chi connectivity index (χ0v) is 26.1. The SMILES string of the molecule is C[N+]1(C)C2CC(OC(=O)C3CCC(C(=O)OC4CC5C6OC6C(C4)[N+]5(C)C)(c4ccccc4)c4ccccc43)CC1C1OC12.